The highest BCUT2D eigenvalue weighted by molar-refractivity contribution is 7.90. The predicted molar refractivity (Wildman–Crippen MR) is 94.1 cm³/mol. The van der Waals surface area contributed by atoms with Crippen LogP contribution in [0.5, 0.6) is 0 Å². The highest BCUT2D eigenvalue weighted by Crippen LogP contribution is 2.32. The van der Waals surface area contributed by atoms with Gasteiger partial charge in [-0.3, -0.25) is 9.59 Å². The maximum Gasteiger partial charge on any atom is 0.269 e. The van der Waals surface area contributed by atoms with Crippen LogP contribution in [0.25, 0.3) is 0 Å². The summed E-state index contributed by atoms with van der Waals surface area (Å²) in [4.78, 5) is 24.9. The summed E-state index contributed by atoms with van der Waals surface area (Å²) in [5.74, 6) is -1.52. The molecule has 1 unspecified atom stereocenters. The van der Waals surface area contributed by atoms with E-state index in [2.05, 4.69) is 5.32 Å². The minimum atomic E-state index is -4.12. The highest BCUT2D eigenvalue weighted by atomic mass is 35.5. The molecule has 3 rings (SSSR count). The first kappa shape index (κ1) is 17.9. The molecule has 9 heteroatoms. The van der Waals surface area contributed by atoms with E-state index in [0.717, 1.165) is 0 Å². The first-order chi connectivity index (χ1) is 12.3. The van der Waals surface area contributed by atoms with Gasteiger partial charge in [-0.2, -0.15) is 5.26 Å². The molecule has 1 aliphatic heterocycles. The van der Waals surface area contributed by atoms with Crippen molar-refractivity contribution in [3.63, 3.8) is 0 Å². The number of hydrogen-bond acceptors (Lipinski definition) is 5. The molecule has 1 aliphatic rings. The van der Waals surface area contributed by atoms with Gasteiger partial charge in [0.2, 0.25) is 5.91 Å². The molecular weight excluding hydrogens is 378 g/mol. The van der Waals surface area contributed by atoms with Gasteiger partial charge in [0.1, 0.15) is 17.0 Å². The largest absolute Gasteiger partial charge is 0.323 e. The zero-order chi connectivity index (χ0) is 19.1. The Labute approximate surface area is 154 Å². The zero-order valence-corrected chi connectivity index (χ0v) is 15.0. The van der Waals surface area contributed by atoms with Crippen LogP contribution in [0, 0.1) is 11.3 Å². The van der Waals surface area contributed by atoms with Crippen LogP contribution in [-0.2, 0) is 14.8 Å². The summed E-state index contributed by atoms with van der Waals surface area (Å²) in [5, 5.41) is 11.9. The number of fused-ring (bicyclic) bond motifs is 1. The maximum atomic E-state index is 12.6. The smallest absolute Gasteiger partial charge is 0.269 e. The Morgan fingerprint density at radius 2 is 1.96 bits per heavy atom. The first-order valence-electron chi connectivity index (χ1n) is 7.45. The number of sulfonamides is 1. The summed E-state index contributed by atoms with van der Waals surface area (Å²) in [5.41, 5.74) is 0.319. The average molecular weight is 390 g/mol. The lowest BCUT2D eigenvalue weighted by molar-refractivity contribution is -0.118. The molecule has 0 fully saturated rings. The van der Waals surface area contributed by atoms with Crippen LogP contribution in [0.1, 0.15) is 22.8 Å². The van der Waals surface area contributed by atoms with Gasteiger partial charge >= 0.3 is 0 Å². The van der Waals surface area contributed by atoms with E-state index >= 15 is 0 Å². The number of carbonyl (C=O) groups is 2. The number of hydrogen-bond donors (Lipinski definition) is 1. The van der Waals surface area contributed by atoms with Crippen LogP contribution in [0.15, 0.2) is 47.4 Å². The van der Waals surface area contributed by atoms with Crippen LogP contribution in [0.2, 0.25) is 5.02 Å². The Hall–Kier alpha value is -2.89. The van der Waals surface area contributed by atoms with Crippen LogP contribution in [0.3, 0.4) is 0 Å². The Balaban J connectivity index is 1.92. The number of nitriles is 1. The third-order valence-electron chi connectivity index (χ3n) is 3.95. The van der Waals surface area contributed by atoms with E-state index in [4.69, 9.17) is 16.9 Å². The SMILES string of the molecule is CC(C(=O)Nc1cc(Cl)ccc1C#N)N1C(=O)c2ccccc2S1(=O)=O. The van der Waals surface area contributed by atoms with Crippen molar-refractivity contribution < 1.29 is 18.0 Å². The van der Waals surface area contributed by atoms with E-state index in [-0.39, 0.29) is 21.7 Å². The normalized spacial score (nSPS) is 15.9. The van der Waals surface area contributed by atoms with Gasteiger partial charge in [0.15, 0.2) is 0 Å². The van der Waals surface area contributed by atoms with Crippen molar-refractivity contribution in [3.05, 3.63) is 58.6 Å². The summed E-state index contributed by atoms with van der Waals surface area (Å²) >= 11 is 5.87. The van der Waals surface area contributed by atoms with Crippen molar-refractivity contribution in [2.45, 2.75) is 17.9 Å². The van der Waals surface area contributed by atoms with Gasteiger partial charge in [0.25, 0.3) is 15.9 Å². The molecule has 2 aromatic rings. The van der Waals surface area contributed by atoms with Gasteiger partial charge in [-0.1, -0.05) is 23.7 Å². The number of nitrogens with zero attached hydrogens (tertiary/aromatic N) is 2. The molecule has 0 aliphatic carbocycles. The monoisotopic (exact) mass is 389 g/mol. The summed E-state index contributed by atoms with van der Waals surface area (Å²) in [7, 11) is -4.12. The van der Waals surface area contributed by atoms with Crippen LogP contribution >= 0.6 is 11.6 Å². The molecule has 26 heavy (non-hydrogen) atoms. The summed E-state index contributed by atoms with van der Waals surface area (Å²) < 4.78 is 25.8. The number of halogens is 1. The first-order valence-corrected chi connectivity index (χ1v) is 9.27. The van der Waals surface area contributed by atoms with Gasteiger partial charge in [-0.05, 0) is 37.3 Å². The average Bonchev–Trinajstić information content (AvgIpc) is 2.81. The summed E-state index contributed by atoms with van der Waals surface area (Å²) in [6.45, 7) is 1.30. The van der Waals surface area contributed by atoms with Gasteiger partial charge in [-0.15, -0.1) is 0 Å². The molecular formula is C17H12ClN3O4S. The fourth-order valence-electron chi connectivity index (χ4n) is 2.65. The number of carbonyl (C=O) groups excluding carboxylic acids is 2. The van der Waals surface area contributed by atoms with E-state index in [1.807, 2.05) is 6.07 Å². The van der Waals surface area contributed by atoms with Gasteiger partial charge < -0.3 is 5.32 Å². The van der Waals surface area contributed by atoms with E-state index in [0.29, 0.717) is 9.33 Å². The van der Waals surface area contributed by atoms with Crippen molar-refractivity contribution >= 4 is 39.1 Å². The highest BCUT2D eigenvalue weighted by Gasteiger charge is 2.45. The lowest BCUT2D eigenvalue weighted by Crippen LogP contribution is -2.45. The van der Waals surface area contributed by atoms with E-state index in [1.165, 1.54) is 43.3 Å². The molecule has 0 saturated heterocycles. The molecule has 2 aromatic carbocycles. The molecule has 132 valence electrons. The molecule has 2 amide bonds. The summed E-state index contributed by atoms with van der Waals surface area (Å²) in [6, 6.07) is 10.6. The van der Waals surface area contributed by atoms with Crippen LogP contribution < -0.4 is 5.32 Å². The third-order valence-corrected chi connectivity index (χ3v) is 6.09. The van der Waals surface area contributed by atoms with Gasteiger partial charge in [-0.25, -0.2) is 12.7 Å². The third kappa shape index (κ3) is 2.81. The molecule has 0 saturated carbocycles. The van der Waals surface area contributed by atoms with Crippen molar-refractivity contribution in [2.75, 3.05) is 5.32 Å². The van der Waals surface area contributed by atoms with E-state index < -0.39 is 27.9 Å². The molecule has 0 bridgehead atoms. The Morgan fingerprint density at radius 1 is 1.27 bits per heavy atom. The van der Waals surface area contributed by atoms with Crippen molar-refractivity contribution in [1.82, 2.24) is 4.31 Å². The number of benzene rings is 2. The molecule has 0 aromatic heterocycles. The lowest BCUT2D eigenvalue weighted by atomic mass is 10.1. The number of anilines is 1. The number of amides is 2. The fourth-order valence-corrected chi connectivity index (χ4v) is 4.54. The van der Waals surface area contributed by atoms with Crippen molar-refractivity contribution in [2.24, 2.45) is 0 Å². The molecule has 1 atom stereocenters. The Bertz CT molecular complexity index is 1080. The van der Waals surface area contributed by atoms with Gasteiger partial charge in [0.05, 0.1) is 16.8 Å². The minimum Gasteiger partial charge on any atom is -0.323 e. The van der Waals surface area contributed by atoms with Crippen molar-refractivity contribution in [1.29, 1.82) is 5.26 Å². The molecule has 7 nitrogen and oxygen atoms in total. The second-order valence-electron chi connectivity index (χ2n) is 5.57. The van der Waals surface area contributed by atoms with Crippen LogP contribution in [-0.4, -0.2) is 30.6 Å². The number of rotatable bonds is 3. The zero-order valence-electron chi connectivity index (χ0n) is 13.4. The van der Waals surface area contributed by atoms with E-state index in [1.54, 1.807) is 6.07 Å². The predicted octanol–water partition coefficient (Wildman–Crippen LogP) is 2.38. The maximum absolute atomic E-state index is 12.6. The van der Waals surface area contributed by atoms with Gasteiger partial charge in [0, 0.05) is 5.02 Å². The second-order valence-corrected chi connectivity index (χ2v) is 7.79. The fraction of sp³-hybridized carbons (Fsp3) is 0.118. The van der Waals surface area contributed by atoms with E-state index in [9.17, 15) is 18.0 Å². The Morgan fingerprint density at radius 3 is 2.62 bits per heavy atom. The topological polar surface area (TPSA) is 107 Å². The number of nitrogens with one attached hydrogen (secondary N) is 1. The lowest BCUT2D eigenvalue weighted by Gasteiger charge is -2.22. The Kier molecular flexibility index (Phi) is 4.44. The molecule has 1 heterocycles. The standard InChI is InChI=1S/C17H12ClN3O4S/c1-10(16(22)20-14-8-12(18)7-6-11(14)9-19)21-17(23)13-4-2-3-5-15(13)26(21,24)25/h2-8,10H,1H3,(H,20,22). The summed E-state index contributed by atoms with van der Waals surface area (Å²) in [6.07, 6.45) is 0. The second kappa shape index (κ2) is 6.44. The van der Waals surface area contributed by atoms with Crippen LogP contribution in [0.4, 0.5) is 5.69 Å². The minimum absolute atomic E-state index is 0.0209. The quantitative estimate of drug-likeness (QED) is 0.867. The molecule has 0 spiro atoms. The molecule has 1 N–H and O–H groups in total. The molecule has 0 radical (unpaired) electrons. The van der Waals surface area contributed by atoms with Crippen molar-refractivity contribution in [3.8, 4) is 6.07 Å².